The van der Waals surface area contributed by atoms with E-state index in [0.29, 0.717) is 32.4 Å². The molecule has 0 radical (unpaired) electrons. The van der Waals surface area contributed by atoms with Gasteiger partial charge in [-0.05, 0) is 5.56 Å². The molecule has 0 atom stereocenters. The lowest BCUT2D eigenvalue weighted by atomic mass is 10.1. The van der Waals surface area contributed by atoms with Crippen LogP contribution in [0.2, 0.25) is 0 Å². The maximum absolute atomic E-state index is 6.08. The molecule has 7 nitrogen and oxygen atoms in total. The number of nitrogens with zero attached hydrogens (tertiary/aromatic N) is 4. The number of aromatic nitrogens is 2. The van der Waals surface area contributed by atoms with E-state index in [9.17, 15) is 0 Å². The first-order valence-corrected chi connectivity index (χ1v) is 8.71. The Morgan fingerprint density at radius 1 is 0.760 bits per heavy atom. The van der Waals surface area contributed by atoms with Gasteiger partial charge in [-0.15, -0.1) is 0 Å². The van der Waals surface area contributed by atoms with Crippen molar-refractivity contribution in [3.63, 3.8) is 0 Å². The van der Waals surface area contributed by atoms with E-state index in [2.05, 4.69) is 31.9 Å². The van der Waals surface area contributed by atoms with Crippen LogP contribution in [-0.2, 0) is 9.47 Å². The number of ether oxygens (including phenoxy) is 2. The number of rotatable bonds is 3. The summed E-state index contributed by atoms with van der Waals surface area (Å²) >= 11 is 0. The molecule has 132 valence electrons. The molecule has 2 fully saturated rings. The van der Waals surface area contributed by atoms with E-state index in [1.807, 2.05) is 18.2 Å². The highest BCUT2D eigenvalue weighted by Crippen LogP contribution is 2.38. The van der Waals surface area contributed by atoms with Gasteiger partial charge in [0.1, 0.15) is 11.6 Å². The van der Waals surface area contributed by atoms with E-state index in [1.165, 1.54) is 0 Å². The minimum absolute atomic E-state index is 0.308. The average molecular weight is 341 g/mol. The molecule has 1 aromatic carbocycles. The zero-order valence-electron chi connectivity index (χ0n) is 14.2. The summed E-state index contributed by atoms with van der Waals surface area (Å²) in [5.74, 6) is 2.09. The van der Waals surface area contributed by atoms with Crippen molar-refractivity contribution in [1.82, 2.24) is 9.97 Å². The average Bonchev–Trinajstić information content (AvgIpc) is 2.69. The lowest BCUT2D eigenvalue weighted by Crippen LogP contribution is -2.39. The number of hydrogen-bond acceptors (Lipinski definition) is 7. The van der Waals surface area contributed by atoms with E-state index in [4.69, 9.17) is 15.2 Å². The first-order chi connectivity index (χ1) is 12.3. The Bertz CT molecular complexity index is 674. The van der Waals surface area contributed by atoms with Crippen LogP contribution in [-0.4, -0.2) is 62.6 Å². The van der Waals surface area contributed by atoms with Crippen molar-refractivity contribution in [3.05, 3.63) is 30.3 Å². The van der Waals surface area contributed by atoms with Gasteiger partial charge in [0.15, 0.2) is 0 Å². The minimum Gasteiger partial charge on any atom is -0.378 e. The molecule has 0 amide bonds. The van der Waals surface area contributed by atoms with Crippen molar-refractivity contribution in [2.75, 3.05) is 68.1 Å². The van der Waals surface area contributed by atoms with Crippen molar-refractivity contribution in [3.8, 4) is 11.1 Å². The van der Waals surface area contributed by atoms with Crippen molar-refractivity contribution >= 4 is 17.6 Å². The predicted molar refractivity (Wildman–Crippen MR) is 97.9 cm³/mol. The number of hydrogen-bond donors (Lipinski definition) is 1. The fourth-order valence-corrected chi connectivity index (χ4v) is 3.32. The molecule has 0 saturated carbocycles. The van der Waals surface area contributed by atoms with Crippen molar-refractivity contribution < 1.29 is 9.47 Å². The quantitative estimate of drug-likeness (QED) is 0.904. The van der Waals surface area contributed by atoms with Crippen molar-refractivity contribution in [2.24, 2.45) is 0 Å². The van der Waals surface area contributed by atoms with Gasteiger partial charge < -0.3 is 25.0 Å². The summed E-state index contributed by atoms with van der Waals surface area (Å²) in [6.07, 6.45) is 0. The number of nitrogens with two attached hydrogens (primary N) is 1. The van der Waals surface area contributed by atoms with Gasteiger partial charge in [-0.25, -0.2) is 0 Å². The van der Waals surface area contributed by atoms with Crippen LogP contribution in [0.5, 0.6) is 0 Å². The highest BCUT2D eigenvalue weighted by molar-refractivity contribution is 5.86. The monoisotopic (exact) mass is 341 g/mol. The Morgan fingerprint density at radius 3 is 1.72 bits per heavy atom. The fraction of sp³-hybridized carbons (Fsp3) is 0.444. The summed E-state index contributed by atoms with van der Waals surface area (Å²) in [7, 11) is 0. The SMILES string of the molecule is Nc1nc(N2CCOCC2)c(-c2ccccc2)c(N2CCOCC2)n1. The zero-order chi connectivity index (χ0) is 17.1. The van der Waals surface area contributed by atoms with Crippen LogP contribution in [0.15, 0.2) is 30.3 Å². The molecule has 0 aliphatic carbocycles. The molecule has 2 aliphatic rings. The Labute approximate surface area is 147 Å². The fourth-order valence-electron chi connectivity index (χ4n) is 3.32. The van der Waals surface area contributed by atoms with Crippen LogP contribution in [0.25, 0.3) is 11.1 Å². The molecule has 0 spiro atoms. The highest BCUT2D eigenvalue weighted by Gasteiger charge is 2.25. The molecule has 1 aromatic heterocycles. The molecule has 2 saturated heterocycles. The van der Waals surface area contributed by atoms with Crippen molar-refractivity contribution in [1.29, 1.82) is 0 Å². The molecular weight excluding hydrogens is 318 g/mol. The Kier molecular flexibility index (Phi) is 4.67. The molecule has 2 N–H and O–H groups in total. The summed E-state index contributed by atoms with van der Waals surface area (Å²) in [5.41, 5.74) is 8.22. The van der Waals surface area contributed by atoms with Gasteiger partial charge in [-0.3, -0.25) is 0 Å². The second kappa shape index (κ2) is 7.25. The van der Waals surface area contributed by atoms with E-state index in [1.54, 1.807) is 0 Å². The van der Waals surface area contributed by atoms with E-state index in [0.717, 1.165) is 48.9 Å². The third-order valence-electron chi connectivity index (χ3n) is 4.57. The van der Waals surface area contributed by atoms with E-state index >= 15 is 0 Å². The van der Waals surface area contributed by atoms with Gasteiger partial charge in [-0.2, -0.15) is 9.97 Å². The molecule has 4 rings (SSSR count). The smallest absolute Gasteiger partial charge is 0.223 e. The third kappa shape index (κ3) is 3.38. The summed E-state index contributed by atoms with van der Waals surface area (Å²) < 4.78 is 11.0. The van der Waals surface area contributed by atoms with Gasteiger partial charge in [0.25, 0.3) is 0 Å². The number of nitrogen functional groups attached to an aromatic ring is 1. The number of benzene rings is 1. The topological polar surface area (TPSA) is 76.7 Å². The molecular formula is C18H23N5O2. The van der Waals surface area contributed by atoms with Gasteiger partial charge >= 0.3 is 0 Å². The van der Waals surface area contributed by atoms with Gasteiger partial charge in [0.05, 0.1) is 32.0 Å². The third-order valence-corrected chi connectivity index (χ3v) is 4.57. The van der Waals surface area contributed by atoms with Crippen LogP contribution >= 0.6 is 0 Å². The summed E-state index contributed by atoms with van der Waals surface area (Å²) in [4.78, 5) is 13.7. The first kappa shape index (κ1) is 16.1. The van der Waals surface area contributed by atoms with Gasteiger partial charge in [-0.1, -0.05) is 30.3 Å². The zero-order valence-corrected chi connectivity index (χ0v) is 14.2. The highest BCUT2D eigenvalue weighted by atomic mass is 16.5. The summed E-state index contributed by atoms with van der Waals surface area (Å²) in [5, 5.41) is 0. The first-order valence-electron chi connectivity index (χ1n) is 8.71. The maximum atomic E-state index is 6.08. The number of morpholine rings is 2. The van der Waals surface area contributed by atoms with Gasteiger partial charge in [0, 0.05) is 26.2 Å². The molecule has 25 heavy (non-hydrogen) atoms. The van der Waals surface area contributed by atoms with Crippen LogP contribution < -0.4 is 15.5 Å². The predicted octanol–water partition coefficient (Wildman–Crippen LogP) is 1.40. The minimum atomic E-state index is 0.308. The number of anilines is 3. The van der Waals surface area contributed by atoms with Crippen LogP contribution in [0.1, 0.15) is 0 Å². The largest absolute Gasteiger partial charge is 0.378 e. The standard InChI is InChI=1S/C18H23N5O2/c19-18-20-16(22-6-10-24-11-7-22)15(14-4-2-1-3-5-14)17(21-18)23-8-12-25-13-9-23/h1-5H,6-13H2,(H2,19,20,21). The second-order valence-electron chi connectivity index (χ2n) is 6.17. The lowest BCUT2D eigenvalue weighted by molar-refractivity contribution is 0.122. The molecule has 0 unspecified atom stereocenters. The molecule has 7 heteroatoms. The van der Waals surface area contributed by atoms with Crippen molar-refractivity contribution in [2.45, 2.75) is 0 Å². The van der Waals surface area contributed by atoms with Crippen LogP contribution in [0.3, 0.4) is 0 Å². The molecule has 0 bridgehead atoms. The van der Waals surface area contributed by atoms with E-state index in [-0.39, 0.29) is 0 Å². The van der Waals surface area contributed by atoms with Gasteiger partial charge in [0.2, 0.25) is 5.95 Å². The molecule has 3 heterocycles. The Hall–Kier alpha value is -2.38. The summed E-state index contributed by atoms with van der Waals surface area (Å²) in [6.45, 7) is 6.02. The van der Waals surface area contributed by atoms with E-state index < -0.39 is 0 Å². The Morgan fingerprint density at radius 2 is 1.24 bits per heavy atom. The Balaban J connectivity index is 1.85. The maximum Gasteiger partial charge on any atom is 0.223 e. The van der Waals surface area contributed by atoms with Crippen LogP contribution in [0.4, 0.5) is 17.6 Å². The normalized spacial score (nSPS) is 18.4. The lowest BCUT2D eigenvalue weighted by Gasteiger charge is -2.34. The van der Waals surface area contributed by atoms with Crippen LogP contribution in [0, 0.1) is 0 Å². The molecule has 2 aliphatic heterocycles. The molecule has 2 aromatic rings. The second-order valence-corrected chi connectivity index (χ2v) is 6.17. The summed E-state index contributed by atoms with van der Waals surface area (Å²) in [6, 6.07) is 10.3.